The van der Waals surface area contributed by atoms with Crippen molar-refractivity contribution in [1.82, 2.24) is 9.69 Å². The Morgan fingerprint density at radius 3 is 2.51 bits per heavy atom. The van der Waals surface area contributed by atoms with Gasteiger partial charge in [-0.15, -0.1) is 11.3 Å². The Balaban J connectivity index is 2.14. The number of rotatable bonds is 9. The van der Waals surface area contributed by atoms with Crippen LogP contribution in [0.2, 0.25) is 0 Å². The Bertz CT molecular complexity index is 1260. The molecule has 35 heavy (non-hydrogen) atoms. The number of nitrogens with zero attached hydrogens (tertiary/aromatic N) is 2. The Morgan fingerprint density at radius 1 is 1.20 bits per heavy atom. The number of anilines is 2. The predicted octanol–water partition coefficient (Wildman–Crippen LogP) is 2.57. The molecule has 10 nitrogen and oxygen atoms in total. The van der Waals surface area contributed by atoms with Crippen molar-refractivity contribution in [3.05, 3.63) is 62.3 Å². The zero-order valence-electron chi connectivity index (χ0n) is 19.4. The monoisotopic (exact) mass is 515 g/mol. The SMILES string of the molecule is CCOC(=O)CNC(=O)C(c1cccs1)N(C(=O)c1snc(C(N)=O)c1N)c1ccc(C)cc1C. The van der Waals surface area contributed by atoms with E-state index in [0.29, 0.717) is 10.6 Å². The molecule has 2 aromatic heterocycles. The Kier molecular flexibility index (Phi) is 8.20. The van der Waals surface area contributed by atoms with E-state index in [1.165, 1.54) is 16.2 Å². The number of hydrogen-bond acceptors (Lipinski definition) is 9. The molecule has 0 spiro atoms. The molecule has 5 N–H and O–H groups in total. The average Bonchev–Trinajstić information content (AvgIpc) is 3.46. The molecule has 0 saturated carbocycles. The van der Waals surface area contributed by atoms with Gasteiger partial charge >= 0.3 is 5.97 Å². The molecule has 0 aliphatic rings. The topological polar surface area (TPSA) is 158 Å². The van der Waals surface area contributed by atoms with Crippen LogP contribution in [-0.4, -0.2) is 41.2 Å². The van der Waals surface area contributed by atoms with Crippen LogP contribution >= 0.6 is 22.9 Å². The Labute approximate surface area is 210 Å². The van der Waals surface area contributed by atoms with Crippen LogP contribution in [0, 0.1) is 13.8 Å². The first kappa shape index (κ1) is 25.8. The van der Waals surface area contributed by atoms with Crippen molar-refractivity contribution in [2.24, 2.45) is 5.73 Å². The van der Waals surface area contributed by atoms with E-state index in [1.807, 2.05) is 26.0 Å². The van der Waals surface area contributed by atoms with Crippen LogP contribution in [0.5, 0.6) is 0 Å². The number of hydrogen-bond donors (Lipinski definition) is 3. The summed E-state index contributed by atoms with van der Waals surface area (Å²) in [5.41, 5.74) is 13.2. The fourth-order valence-corrected chi connectivity index (χ4v) is 5.02. The number of aryl methyl sites for hydroxylation is 2. The summed E-state index contributed by atoms with van der Waals surface area (Å²) in [4.78, 5) is 52.7. The first-order valence-corrected chi connectivity index (χ1v) is 12.2. The molecular formula is C23H25N5O5S2. The molecule has 1 atom stereocenters. The van der Waals surface area contributed by atoms with E-state index in [-0.39, 0.29) is 29.4 Å². The van der Waals surface area contributed by atoms with Crippen molar-refractivity contribution in [2.75, 3.05) is 23.8 Å². The number of carbonyl (C=O) groups is 4. The summed E-state index contributed by atoms with van der Waals surface area (Å²) < 4.78 is 8.83. The second-order valence-corrected chi connectivity index (χ2v) is 9.30. The maximum atomic E-state index is 13.9. The quantitative estimate of drug-likeness (QED) is 0.370. The van der Waals surface area contributed by atoms with Gasteiger partial charge in [0.15, 0.2) is 11.7 Å². The third-order valence-corrected chi connectivity index (χ3v) is 6.79. The fourth-order valence-electron chi connectivity index (χ4n) is 3.47. The largest absolute Gasteiger partial charge is 0.465 e. The van der Waals surface area contributed by atoms with Gasteiger partial charge in [-0.3, -0.25) is 24.1 Å². The number of ether oxygens (including phenoxy) is 1. The van der Waals surface area contributed by atoms with Gasteiger partial charge in [0.25, 0.3) is 11.8 Å². The van der Waals surface area contributed by atoms with Crippen molar-refractivity contribution in [3.8, 4) is 0 Å². The molecule has 0 fully saturated rings. The third kappa shape index (κ3) is 5.66. The second-order valence-electron chi connectivity index (χ2n) is 7.54. The minimum absolute atomic E-state index is 0.0291. The van der Waals surface area contributed by atoms with Gasteiger partial charge in [-0.05, 0) is 55.4 Å². The number of esters is 1. The molecule has 0 bridgehead atoms. The minimum atomic E-state index is -1.14. The lowest BCUT2D eigenvalue weighted by molar-refractivity contribution is -0.143. The summed E-state index contributed by atoms with van der Waals surface area (Å²) in [5, 5.41) is 4.34. The fraction of sp³-hybridized carbons (Fsp3) is 0.261. The summed E-state index contributed by atoms with van der Waals surface area (Å²) in [5.74, 6) is -2.69. The first-order chi connectivity index (χ1) is 16.6. The zero-order valence-corrected chi connectivity index (χ0v) is 21.0. The lowest BCUT2D eigenvalue weighted by Gasteiger charge is -2.31. The molecule has 0 radical (unpaired) electrons. The minimum Gasteiger partial charge on any atom is -0.465 e. The highest BCUT2D eigenvalue weighted by Gasteiger charge is 2.37. The normalized spacial score (nSPS) is 11.5. The van der Waals surface area contributed by atoms with Crippen LogP contribution in [0.15, 0.2) is 35.7 Å². The summed E-state index contributed by atoms with van der Waals surface area (Å²) in [7, 11) is 0. The van der Waals surface area contributed by atoms with E-state index in [0.717, 1.165) is 22.7 Å². The molecule has 0 aliphatic carbocycles. The van der Waals surface area contributed by atoms with Gasteiger partial charge in [0.05, 0.1) is 12.3 Å². The molecule has 3 amide bonds. The smallest absolute Gasteiger partial charge is 0.325 e. The number of aromatic nitrogens is 1. The van der Waals surface area contributed by atoms with Gasteiger partial charge in [0.1, 0.15) is 11.4 Å². The number of carbonyl (C=O) groups excluding carboxylic acids is 4. The van der Waals surface area contributed by atoms with Crippen LogP contribution in [0.3, 0.4) is 0 Å². The number of nitrogens with two attached hydrogens (primary N) is 2. The summed E-state index contributed by atoms with van der Waals surface area (Å²) in [6.45, 7) is 5.19. The highest BCUT2D eigenvalue weighted by Crippen LogP contribution is 2.36. The van der Waals surface area contributed by atoms with Crippen molar-refractivity contribution < 1.29 is 23.9 Å². The van der Waals surface area contributed by atoms with E-state index in [1.54, 1.807) is 30.5 Å². The van der Waals surface area contributed by atoms with Crippen LogP contribution in [-0.2, 0) is 14.3 Å². The highest BCUT2D eigenvalue weighted by atomic mass is 32.1. The van der Waals surface area contributed by atoms with Gasteiger partial charge in [-0.25, -0.2) is 0 Å². The van der Waals surface area contributed by atoms with E-state index < -0.39 is 29.7 Å². The number of amides is 3. The first-order valence-electron chi connectivity index (χ1n) is 10.6. The molecule has 0 aliphatic heterocycles. The number of primary amides is 1. The summed E-state index contributed by atoms with van der Waals surface area (Å²) in [6.07, 6.45) is 0. The maximum Gasteiger partial charge on any atom is 0.325 e. The van der Waals surface area contributed by atoms with E-state index in [4.69, 9.17) is 16.2 Å². The molecular weight excluding hydrogens is 490 g/mol. The van der Waals surface area contributed by atoms with Gasteiger partial charge in [-0.1, -0.05) is 23.8 Å². The molecule has 12 heteroatoms. The second kappa shape index (κ2) is 11.1. The van der Waals surface area contributed by atoms with Crippen LogP contribution in [0.25, 0.3) is 0 Å². The van der Waals surface area contributed by atoms with Crippen molar-refractivity contribution in [3.63, 3.8) is 0 Å². The molecule has 1 unspecified atom stereocenters. The van der Waals surface area contributed by atoms with Crippen LogP contribution < -0.4 is 21.7 Å². The van der Waals surface area contributed by atoms with Gasteiger partial charge in [0.2, 0.25) is 5.91 Å². The van der Waals surface area contributed by atoms with Gasteiger partial charge < -0.3 is 21.5 Å². The summed E-state index contributed by atoms with van der Waals surface area (Å²) >= 11 is 2.00. The number of thiophene rings is 1. The predicted molar refractivity (Wildman–Crippen MR) is 134 cm³/mol. The summed E-state index contributed by atoms with van der Waals surface area (Å²) in [6, 6.07) is 7.75. The van der Waals surface area contributed by atoms with Crippen molar-refractivity contribution in [1.29, 1.82) is 0 Å². The third-order valence-electron chi connectivity index (χ3n) is 5.02. The lowest BCUT2D eigenvalue weighted by Crippen LogP contribution is -2.45. The Hall–Kier alpha value is -3.77. The van der Waals surface area contributed by atoms with E-state index in [2.05, 4.69) is 9.69 Å². The number of nitrogen functional groups attached to an aromatic ring is 1. The Morgan fingerprint density at radius 2 is 1.94 bits per heavy atom. The van der Waals surface area contributed by atoms with Gasteiger partial charge in [0, 0.05) is 10.6 Å². The number of benzene rings is 1. The average molecular weight is 516 g/mol. The van der Waals surface area contributed by atoms with Crippen LogP contribution in [0.1, 0.15) is 49.1 Å². The molecule has 2 heterocycles. The molecule has 0 saturated heterocycles. The zero-order chi connectivity index (χ0) is 25.7. The number of nitrogens with one attached hydrogen (secondary N) is 1. The van der Waals surface area contributed by atoms with E-state index in [9.17, 15) is 19.2 Å². The lowest BCUT2D eigenvalue weighted by atomic mass is 10.1. The van der Waals surface area contributed by atoms with Crippen molar-refractivity contribution in [2.45, 2.75) is 26.8 Å². The van der Waals surface area contributed by atoms with Gasteiger partial charge in [-0.2, -0.15) is 4.37 Å². The molecule has 3 rings (SSSR count). The van der Waals surface area contributed by atoms with Crippen molar-refractivity contribution >= 4 is 57.9 Å². The van der Waals surface area contributed by atoms with E-state index >= 15 is 0 Å². The maximum absolute atomic E-state index is 13.9. The standard InChI is InChI=1S/C23H25N5O5S2/c1-4-33-16(29)11-26-22(31)19(15-6-5-9-34-15)28(14-8-7-12(2)10-13(14)3)23(32)20-17(24)18(21(25)30)27-35-20/h5-10,19H,4,11,24H2,1-3H3,(H2,25,30)(H,26,31). The molecule has 1 aromatic carbocycles. The molecule has 184 valence electrons. The highest BCUT2D eigenvalue weighted by molar-refractivity contribution is 7.10. The molecule has 3 aromatic rings. The van der Waals surface area contributed by atoms with Crippen LogP contribution in [0.4, 0.5) is 11.4 Å².